The van der Waals surface area contributed by atoms with Crippen LogP contribution >= 0.6 is 0 Å². The lowest BCUT2D eigenvalue weighted by molar-refractivity contribution is 0.104. The van der Waals surface area contributed by atoms with E-state index in [-0.39, 0.29) is 5.78 Å². The summed E-state index contributed by atoms with van der Waals surface area (Å²) in [4.78, 5) is 12.3. The van der Waals surface area contributed by atoms with E-state index in [1.807, 2.05) is 60.7 Å². The highest BCUT2D eigenvalue weighted by molar-refractivity contribution is 6.06. The summed E-state index contributed by atoms with van der Waals surface area (Å²) in [6, 6.07) is 17.3. The third-order valence-electron chi connectivity index (χ3n) is 5.15. The molecule has 0 atom stereocenters. The third kappa shape index (κ3) is 9.60. The van der Waals surface area contributed by atoms with Crippen molar-refractivity contribution >= 4 is 11.9 Å². The molecular weight excluding hydrogens is 356 g/mol. The number of para-hydroxylation sites is 1. The van der Waals surface area contributed by atoms with E-state index in [1.54, 1.807) is 6.08 Å². The Hall–Kier alpha value is -2.35. The van der Waals surface area contributed by atoms with Gasteiger partial charge in [-0.15, -0.1) is 0 Å². The van der Waals surface area contributed by atoms with Gasteiger partial charge in [0.2, 0.25) is 0 Å². The molecule has 0 radical (unpaired) electrons. The SMILES string of the molecule is CCCCCCCCCCCCOc1ccccc1C=CC(=O)c1ccccc1. The Balaban J connectivity index is 1.66. The van der Waals surface area contributed by atoms with Crippen LogP contribution in [0.5, 0.6) is 5.75 Å². The molecule has 0 spiro atoms. The number of rotatable bonds is 15. The van der Waals surface area contributed by atoms with Crippen molar-refractivity contribution in [1.29, 1.82) is 0 Å². The van der Waals surface area contributed by atoms with Crippen molar-refractivity contribution in [3.8, 4) is 5.75 Å². The van der Waals surface area contributed by atoms with Crippen LogP contribution in [0.1, 0.15) is 87.1 Å². The Morgan fingerprint density at radius 2 is 1.34 bits per heavy atom. The number of allylic oxidation sites excluding steroid dienone is 1. The molecule has 0 fully saturated rings. The van der Waals surface area contributed by atoms with Gasteiger partial charge in [-0.3, -0.25) is 4.79 Å². The molecule has 0 N–H and O–H groups in total. The summed E-state index contributed by atoms with van der Waals surface area (Å²) in [7, 11) is 0. The molecule has 156 valence electrons. The summed E-state index contributed by atoms with van der Waals surface area (Å²) in [5.41, 5.74) is 1.65. The molecular formula is C27H36O2. The number of hydrogen-bond acceptors (Lipinski definition) is 2. The van der Waals surface area contributed by atoms with Crippen molar-refractivity contribution in [2.75, 3.05) is 6.61 Å². The standard InChI is InChI=1S/C27H36O2/c1-2-3-4-5-6-7-8-9-10-16-23-29-27-20-15-14-19-25(27)21-22-26(28)24-17-12-11-13-18-24/h11-15,17-22H,2-10,16,23H2,1H3. The van der Waals surface area contributed by atoms with Gasteiger partial charge in [-0.2, -0.15) is 0 Å². The summed E-state index contributed by atoms with van der Waals surface area (Å²) in [5.74, 6) is 0.857. The molecule has 2 rings (SSSR count). The van der Waals surface area contributed by atoms with E-state index in [0.29, 0.717) is 5.56 Å². The molecule has 2 aromatic rings. The number of carbonyl (C=O) groups is 1. The minimum absolute atomic E-state index is 0.00935. The monoisotopic (exact) mass is 392 g/mol. The number of benzene rings is 2. The van der Waals surface area contributed by atoms with Gasteiger partial charge in [0.05, 0.1) is 6.61 Å². The van der Waals surface area contributed by atoms with E-state index in [1.165, 1.54) is 57.8 Å². The minimum atomic E-state index is 0.00935. The summed E-state index contributed by atoms with van der Waals surface area (Å²) in [6.45, 7) is 3.00. The topological polar surface area (TPSA) is 26.3 Å². The molecule has 0 heterocycles. The first-order valence-electron chi connectivity index (χ1n) is 11.3. The molecule has 0 unspecified atom stereocenters. The molecule has 0 saturated heterocycles. The smallest absolute Gasteiger partial charge is 0.185 e. The van der Waals surface area contributed by atoms with Gasteiger partial charge in [-0.25, -0.2) is 0 Å². The lowest BCUT2D eigenvalue weighted by Gasteiger charge is -2.09. The molecule has 0 bridgehead atoms. The molecule has 29 heavy (non-hydrogen) atoms. The van der Waals surface area contributed by atoms with Gasteiger partial charge in [0.1, 0.15) is 5.75 Å². The zero-order valence-corrected chi connectivity index (χ0v) is 17.9. The average Bonchev–Trinajstić information content (AvgIpc) is 2.77. The second-order valence-electron chi connectivity index (χ2n) is 7.63. The van der Waals surface area contributed by atoms with E-state index in [4.69, 9.17) is 4.74 Å². The van der Waals surface area contributed by atoms with Crippen LogP contribution in [0.3, 0.4) is 0 Å². The normalized spacial score (nSPS) is 11.1. The van der Waals surface area contributed by atoms with Crippen LogP contribution in [-0.4, -0.2) is 12.4 Å². The van der Waals surface area contributed by atoms with Crippen molar-refractivity contribution in [3.05, 3.63) is 71.8 Å². The quantitative estimate of drug-likeness (QED) is 0.175. The predicted octanol–water partition coefficient (Wildman–Crippen LogP) is 7.88. The van der Waals surface area contributed by atoms with Crippen LogP contribution < -0.4 is 4.74 Å². The van der Waals surface area contributed by atoms with Gasteiger partial charge in [-0.1, -0.05) is 113 Å². The fraction of sp³-hybridized carbons (Fsp3) is 0.444. The third-order valence-corrected chi connectivity index (χ3v) is 5.15. The van der Waals surface area contributed by atoms with Crippen molar-refractivity contribution in [2.24, 2.45) is 0 Å². The Kier molecular flexibility index (Phi) is 11.6. The van der Waals surface area contributed by atoms with Crippen LogP contribution in [0, 0.1) is 0 Å². The first-order chi connectivity index (χ1) is 14.3. The average molecular weight is 393 g/mol. The Bertz CT molecular complexity index is 718. The highest BCUT2D eigenvalue weighted by atomic mass is 16.5. The Labute approximate surface area is 177 Å². The van der Waals surface area contributed by atoms with E-state index in [0.717, 1.165) is 24.3 Å². The number of carbonyl (C=O) groups excluding carboxylic acids is 1. The maximum atomic E-state index is 12.3. The Morgan fingerprint density at radius 1 is 0.759 bits per heavy atom. The number of ketones is 1. The van der Waals surface area contributed by atoms with Gasteiger partial charge in [0, 0.05) is 11.1 Å². The number of unbranched alkanes of at least 4 members (excludes halogenated alkanes) is 9. The molecule has 0 saturated carbocycles. The maximum Gasteiger partial charge on any atom is 0.185 e. The summed E-state index contributed by atoms with van der Waals surface area (Å²) in [6.07, 6.45) is 16.7. The van der Waals surface area contributed by atoms with Gasteiger partial charge < -0.3 is 4.74 Å². The van der Waals surface area contributed by atoms with Gasteiger partial charge in [0.25, 0.3) is 0 Å². The van der Waals surface area contributed by atoms with Gasteiger partial charge in [-0.05, 0) is 24.6 Å². The van der Waals surface area contributed by atoms with E-state index in [2.05, 4.69) is 6.92 Å². The van der Waals surface area contributed by atoms with Crippen LogP contribution in [-0.2, 0) is 0 Å². The largest absolute Gasteiger partial charge is 0.493 e. The predicted molar refractivity (Wildman–Crippen MR) is 124 cm³/mol. The van der Waals surface area contributed by atoms with Crippen LogP contribution in [0.4, 0.5) is 0 Å². The number of hydrogen-bond donors (Lipinski definition) is 0. The fourth-order valence-corrected chi connectivity index (χ4v) is 3.39. The van der Waals surface area contributed by atoms with Gasteiger partial charge >= 0.3 is 0 Å². The fourth-order valence-electron chi connectivity index (χ4n) is 3.39. The molecule has 2 heteroatoms. The zero-order valence-electron chi connectivity index (χ0n) is 17.9. The second kappa shape index (κ2) is 14.6. The van der Waals surface area contributed by atoms with Crippen molar-refractivity contribution in [2.45, 2.75) is 71.1 Å². The number of ether oxygens (including phenoxy) is 1. The lowest BCUT2D eigenvalue weighted by Crippen LogP contribution is -1.99. The summed E-state index contributed by atoms with van der Waals surface area (Å²) < 4.78 is 5.98. The van der Waals surface area contributed by atoms with Crippen molar-refractivity contribution < 1.29 is 9.53 Å². The molecule has 2 aromatic carbocycles. The highest BCUT2D eigenvalue weighted by Gasteiger charge is 2.03. The first-order valence-corrected chi connectivity index (χ1v) is 11.3. The minimum Gasteiger partial charge on any atom is -0.493 e. The maximum absolute atomic E-state index is 12.3. The van der Waals surface area contributed by atoms with Crippen LogP contribution in [0.25, 0.3) is 6.08 Å². The second-order valence-corrected chi connectivity index (χ2v) is 7.63. The summed E-state index contributed by atoms with van der Waals surface area (Å²) in [5, 5.41) is 0. The molecule has 2 nitrogen and oxygen atoms in total. The molecule has 0 aliphatic carbocycles. The summed E-state index contributed by atoms with van der Waals surface area (Å²) >= 11 is 0. The van der Waals surface area contributed by atoms with Crippen LogP contribution in [0.2, 0.25) is 0 Å². The highest BCUT2D eigenvalue weighted by Crippen LogP contribution is 2.20. The molecule has 0 aliphatic rings. The van der Waals surface area contributed by atoms with Crippen molar-refractivity contribution in [1.82, 2.24) is 0 Å². The van der Waals surface area contributed by atoms with Gasteiger partial charge in [0.15, 0.2) is 5.78 Å². The van der Waals surface area contributed by atoms with E-state index < -0.39 is 0 Å². The molecule has 0 amide bonds. The van der Waals surface area contributed by atoms with Crippen LogP contribution in [0.15, 0.2) is 60.7 Å². The van der Waals surface area contributed by atoms with Crippen molar-refractivity contribution in [3.63, 3.8) is 0 Å². The van der Waals surface area contributed by atoms with E-state index in [9.17, 15) is 4.79 Å². The zero-order chi connectivity index (χ0) is 20.6. The first kappa shape index (κ1) is 22.9. The molecule has 0 aliphatic heterocycles. The van der Waals surface area contributed by atoms with E-state index >= 15 is 0 Å². The molecule has 0 aromatic heterocycles. The lowest BCUT2D eigenvalue weighted by atomic mass is 10.1. The Morgan fingerprint density at radius 3 is 2.03 bits per heavy atom.